The van der Waals surface area contributed by atoms with Gasteiger partial charge >= 0.3 is 0 Å². The second kappa shape index (κ2) is 7.66. The van der Waals surface area contributed by atoms with Crippen LogP contribution in [-0.4, -0.2) is 25.6 Å². The minimum absolute atomic E-state index is 0.0518. The van der Waals surface area contributed by atoms with E-state index in [4.69, 9.17) is 5.73 Å². The SMILES string of the molecule is CCC(CC)(CN)C(=O)Nc1cccc(CS(=O)(=O)C(C)(C)C)c1. The normalized spacial score (nSPS) is 12.9. The smallest absolute Gasteiger partial charge is 0.231 e. The van der Waals surface area contributed by atoms with Crippen molar-refractivity contribution in [3.63, 3.8) is 0 Å². The minimum atomic E-state index is -3.27. The molecule has 0 aliphatic heterocycles. The number of amides is 1. The van der Waals surface area contributed by atoms with Crippen molar-refractivity contribution in [1.29, 1.82) is 0 Å². The molecule has 3 N–H and O–H groups in total. The van der Waals surface area contributed by atoms with Crippen LogP contribution in [0.3, 0.4) is 0 Å². The number of carbonyl (C=O) groups is 1. The first kappa shape index (κ1) is 20.6. The summed E-state index contributed by atoms with van der Waals surface area (Å²) in [4.78, 5) is 12.6. The van der Waals surface area contributed by atoms with Crippen molar-refractivity contribution < 1.29 is 13.2 Å². The monoisotopic (exact) mass is 354 g/mol. The van der Waals surface area contributed by atoms with Crippen LogP contribution in [0.25, 0.3) is 0 Å². The highest BCUT2D eigenvalue weighted by Crippen LogP contribution is 2.27. The number of carbonyl (C=O) groups excluding carboxylic acids is 1. The lowest BCUT2D eigenvalue weighted by Gasteiger charge is -2.28. The van der Waals surface area contributed by atoms with E-state index in [1.807, 2.05) is 13.8 Å². The van der Waals surface area contributed by atoms with Crippen LogP contribution in [-0.2, 0) is 20.4 Å². The van der Waals surface area contributed by atoms with Crippen molar-refractivity contribution in [3.8, 4) is 0 Å². The van der Waals surface area contributed by atoms with E-state index in [1.165, 1.54) is 0 Å². The molecule has 0 atom stereocenters. The van der Waals surface area contributed by atoms with Gasteiger partial charge in [0.1, 0.15) is 0 Å². The van der Waals surface area contributed by atoms with E-state index >= 15 is 0 Å². The third-order valence-corrected chi connectivity index (χ3v) is 7.28. The van der Waals surface area contributed by atoms with Gasteiger partial charge in [0.05, 0.1) is 15.9 Å². The Kier molecular flexibility index (Phi) is 6.59. The van der Waals surface area contributed by atoms with Gasteiger partial charge in [0.15, 0.2) is 9.84 Å². The molecule has 0 aliphatic carbocycles. The maximum Gasteiger partial charge on any atom is 0.231 e. The number of hydrogen-bond acceptors (Lipinski definition) is 4. The zero-order valence-electron chi connectivity index (χ0n) is 15.3. The highest BCUT2D eigenvalue weighted by Gasteiger charge is 2.33. The molecule has 5 nitrogen and oxygen atoms in total. The Morgan fingerprint density at radius 1 is 1.17 bits per heavy atom. The average Bonchev–Trinajstić information content (AvgIpc) is 2.48. The number of rotatable bonds is 7. The van der Waals surface area contributed by atoms with Crippen molar-refractivity contribution in [3.05, 3.63) is 29.8 Å². The molecule has 1 rings (SSSR count). The number of benzene rings is 1. The van der Waals surface area contributed by atoms with Crippen molar-refractivity contribution >= 4 is 21.4 Å². The Morgan fingerprint density at radius 3 is 2.21 bits per heavy atom. The van der Waals surface area contributed by atoms with Crippen LogP contribution in [0.5, 0.6) is 0 Å². The number of sulfone groups is 1. The molecule has 6 heteroatoms. The quantitative estimate of drug-likeness (QED) is 0.787. The summed E-state index contributed by atoms with van der Waals surface area (Å²) in [7, 11) is -3.27. The van der Waals surface area contributed by atoms with Gasteiger partial charge in [-0.15, -0.1) is 0 Å². The minimum Gasteiger partial charge on any atom is -0.329 e. The van der Waals surface area contributed by atoms with Crippen LogP contribution in [0.15, 0.2) is 24.3 Å². The summed E-state index contributed by atoms with van der Waals surface area (Å²) in [5.41, 5.74) is 6.47. The van der Waals surface area contributed by atoms with Gasteiger partial charge in [-0.1, -0.05) is 26.0 Å². The summed E-state index contributed by atoms with van der Waals surface area (Å²) in [6.07, 6.45) is 1.31. The first-order valence-electron chi connectivity index (χ1n) is 8.34. The van der Waals surface area contributed by atoms with Gasteiger partial charge in [0, 0.05) is 12.2 Å². The fraction of sp³-hybridized carbons (Fsp3) is 0.611. The fourth-order valence-corrected chi connectivity index (χ4v) is 3.44. The summed E-state index contributed by atoms with van der Waals surface area (Å²) in [6, 6.07) is 6.99. The van der Waals surface area contributed by atoms with Gasteiger partial charge in [-0.3, -0.25) is 4.79 Å². The fourth-order valence-electron chi connectivity index (χ4n) is 2.39. The van der Waals surface area contributed by atoms with Gasteiger partial charge in [0.25, 0.3) is 0 Å². The van der Waals surface area contributed by atoms with E-state index in [0.29, 0.717) is 24.1 Å². The third-order valence-electron chi connectivity index (χ3n) is 4.70. The molecule has 0 radical (unpaired) electrons. The van der Waals surface area contributed by atoms with Crippen LogP contribution < -0.4 is 11.1 Å². The lowest BCUT2D eigenvalue weighted by molar-refractivity contribution is -0.125. The van der Waals surface area contributed by atoms with Gasteiger partial charge in [0.2, 0.25) is 5.91 Å². The standard InChI is InChI=1S/C18H30N2O3S/c1-6-18(7-2,13-19)16(21)20-15-10-8-9-14(11-15)12-24(22,23)17(3,4)5/h8-11H,6-7,12-13,19H2,1-5H3,(H,20,21). The zero-order valence-corrected chi connectivity index (χ0v) is 16.2. The van der Waals surface area contributed by atoms with E-state index < -0.39 is 20.0 Å². The summed E-state index contributed by atoms with van der Waals surface area (Å²) >= 11 is 0. The number of anilines is 1. The van der Waals surface area contributed by atoms with E-state index in [9.17, 15) is 13.2 Å². The molecule has 0 aliphatic rings. The molecule has 24 heavy (non-hydrogen) atoms. The predicted octanol–water partition coefficient (Wildman–Crippen LogP) is 3.10. The molecule has 0 bridgehead atoms. The maximum atomic E-state index is 12.6. The lowest BCUT2D eigenvalue weighted by Crippen LogP contribution is -2.41. The second-order valence-corrected chi connectivity index (χ2v) is 9.96. The highest BCUT2D eigenvalue weighted by atomic mass is 32.2. The molecule has 0 fully saturated rings. The molecule has 1 aromatic carbocycles. The van der Waals surface area contributed by atoms with E-state index in [2.05, 4.69) is 5.32 Å². The summed E-state index contributed by atoms with van der Waals surface area (Å²) in [5.74, 6) is -0.171. The largest absolute Gasteiger partial charge is 0.329 e. The third kappa shape index (κ3) is 4.57. The number of hydrogen-bond donors (Lipinski definition) is 2. The highest BCUT2D eigenvalue weighted by molar-refractivity contribution is 7.91. The van der Waals surface area contributed by atoms with Gasteiger partial charge < -0.3 is 11.1 Å². The van der Waals surface area contributed by atoms with Crippen molar-refractivity contribution in [1.82, 2.24) is 0 Å². The van der Waals surface area contributed by atoms with Crippen LogP contribution in [0.1, 0.15) is 53.0 Å². The van der Waals surface area contributed by atoms with Gasteiger partial charge in [-0.05, 0) is 51.3 Å². The lowest BCUT2D eigenvalue weighted by atomic mass is 9.81. The Hall–Kier alpha value is -1.40. The number of nitrogens with two attached hydrogens (primary N) is 1. The Labute approximate surface area is 145 Å². The summed E-state index contributed by atoms with van der Waals surface area (Å²) < 4.78 is 23.9. The topological polar surface area (TPSA) is 89.3 Å². The van der Waals surface area contributed by atoms with Crippen LogP contribution in [0, 0.1) is 5.41 Å². The Bertz CT molecular complexity index is 663. The molecule has 0 aromatic heterocycles. The van der Waals surface area contributed by atoms with Crippen LogP contribution in [0.4, 0.5) is 5.69 Å². The van der Waals surface area contributed by atoms with E-state index in [-0.39, 0.29) is 18.2 Å². The zero-order chi connectivity index (χ0) is 18.6. The van der Waals surface area contributed by atoms with Crippen LogP contribution in [0.2, 0.25) is 0 Å². The molecular formula is C18H30N2O3S. The maximum absolute atomic E-state index is 12.6. The molecule has 0 saturated heterocycles. The van der Waals surface area contributed by atoms with E-state index in [0.717, 1.165) is 0 Å². The molecule has 0 spiro atoms. The van der Waals surface area contributed by atoms with Crippen molar-refractivity contribution in [2.45, 2.75) is 58.0 Å². The summed E-state index contributed by atoms with van der Waals surface area (Å²) in [5, 5.41) is 2.89. The molecule has 1 amide bonds. The molecule has 0 heterocycles. The molecular weight excluding hydrogens is 324 g/mol. The second-order valence-electron chi connectivity index (χ2n) is 7.22. The summed E-state index contributed by atoms with van der Waals surface area (Å²) in [6.45, 7) is 9.23. The first-order valence-corrected chi connectivity index (χ1v) is 9.99. The van der Waals surface area contributed by atoms with Crippen LogP contribution >= 0.6 is 0 Å². The van der Waals surface area contributed by atoms with Gasteiger partial charge in [-0.2, -0.15) is 0 Å². The molecule has 0 saturated carbocycles. The van der Waals surface area contributed by atoms with Gasteiger partial charge in [-0.25, -0.2) is 8.42 Å². The van der Waals surface area contributed by atoms with E-state index in [1.54, 1.807) is 45.0 Å². The molecule has 0 unspecified atom stereocenters. The van der Waals surface area contributed by atoms with Crippen molar-refractivity contribution in [2.75, 3.05) is 11.9 Å². The Morgan fingerprint density at radius 2 is 1.75 bits per heavy atom. The first-order chi connectivity index (χ1) is 11.0. The molecule has 1 aromatic rings. The Balaban J connectivity index is 3.00. The molecule has 136 valence electrons. The average molecular weight is 355 g/mol. The van der Waals surface area contributed by atoms with Crippen molar-refractivity contribution in [2.24, 2.45) is 11.1 Å². The predicted molar refractivity (Wildman–Crippen MR) is 99.5 cm³/mol. The number of nitrogens with one attached hydrogen (secondary N) is 1.